The fourth-order valence-corrected chi connectivity index (χ4v) is 5.65. The van der Waals surface area contributed by atoms with Crippen molar-refractivity contribution < 1.29 is 17.9 Å². The van der Waals surface area contributed by atoms with Gasteiger partial charge in [-0.3, -0.25) is 9.10 Å². The van der Waals surface area contributed by atoms with E-state index in [4.69, 9.17) is 4.74 Å². The number of fused-ring (bicyclic) bond motifs is 3. The minimum absolute atomic E-state index is 0.221. The van der Waals surface area contributed by atoms with Crippen molar-refractivity contribution in [3.05, 3.63) is 83.4 Å². The Morgan fingerprint density at radius 1 is 1.00 bits per heavy atom. The molecule has 0 saturated heterocycles. The third-order valence-corrected chi connectivity index (χ3v) is 7.24. The van der Waals surface area contributed by atoms with E-state index in [9.17, 15) is 13.2 Å². The van der Waals surface area contributed by atoms with Gasteiger partial charge in [-0.1, -0.05) is 54.6 Å². The van der Waals surface area contributed by atoms with Gasteiger partial charge in [0.05, 0.1) is 23.8 Å². The Hall–Kier alpha value is -3.16. The van der Waals surface area contributed by atoms with Crippen LogP contribution in [0.4, 0.5) is 5.69 Å². The third-order valence-electron chi connectivity index (χ3n) is 5.42. The monoisotopic (exact) mass is 450 g/mol. The van der Waals surface area contributed by atoms with E-state index in [0.717, 1.165) is 22.3 Å². The lowest BCUT2D eigenvalue weighted by Gasteiger charge is -2.33. The summed E-state index contributed by atoms with van der Waals surface area (Å²) in [5, 5.41) is 2.77. The minimum Gasteiger partial charge on any atom is -0.375 e. The van der Waals surface area contributed by atoms with Crippen LogP contribution in [0.2, 0.25) is 0 Å². The molecule has 1 N–H and O–H groups in total. The molecule has 1 aliphatic rings. The molecule has 0 bridgehead atoms. The van der Waals surface area contributed by atoms with Crippen LogP contribution in [0.3, 0.4) is 0 Å². The maximum absolute atomic E-state index is 13.4. The first kappa shape index (κ1) is 22.0. The highest BCUT2D eigenvalue weighted by atomic mass is 32.2. The van der Waals surface area contributed by atoms with Crippen molar-refractivity contribution >= 4 is 21.6 Å². The standard InChI is InChI=1S/C25H26N2O4S/c1-18-14-19(2)25-21-10-6-7-11-23(21)32(29,30)27(22(25)15-18)16-24(28)26-12-13-31-17-20-8-4-3-5-9-20/h3-11,14-15H,12-13,16-17H2,1-2H3,(H,26,28). The number of hydrogen-bond donors (Lipinski definition) is 1. The molecule has 32 heavy (non-hydrogen) atoms. The van der Waals surface area contributed by atoms with E-state index in [0.29, 0.717) is 31.0 Å². The zero-order valence-corrected chi connectivity index (χ0v) is 19.0. The summed E-state index contributed by atoms with van der Waals surface area (Å²) in [5.74, 6) is -0.374. The van der Waals surface area contributed by atoms with Crippen molar-refractivity contribution in [2.24, 2.45) is 0 Å². The number of carbonyl (C=O) groups excluding carboxylic acids is 1. The van der Waals surface area contributed by atoms with Crippen LogP contribution in [0.15, 0.2) is 71.6 Å². The molecule has 0 radical (unpaired) electrons. The van der Waals surface area contributed by atoms with Crippen LogP contribution in [0.5, 0.6) is 0 Å². The first-order valence-corrected chi connectivity index (χ1v) is 11.9. The number of sulfonamides is 1. The van der Waals surface area contributed by atoms with Gasteiger partial charge in [-0.25, -0.2) is 8.42 Å². The van der Waals surface area contributed by atoms with Gasteiger partial charge in [0.15, 0.2) is 0 Å². The zero-order chi connectivity index (χ0) is 22.7. The lowest BCUT2D eigenvalue weighted by molar-refractivity contribution is -0.119. The van der Waals surface area contributed by atoms with E-state index in [1.807, 2.05) is 68.4 Å². The van der Waals surface area contributed by atoms with Gasteiger partial charge in [0.25, 0.3) is 10.0 Å². The molecule has 0 atom stereocenters. The Morgan fingerprint density at radius 2 is 1.72 bits per heavy atom. The maximum Gasteiger partial charge on any atom is 0.265 e. The van der Waals surface area contributed by atoms with Crippen molar-refractivity contribution in [1.29, 1.82) is 0 Å². The summed E-state index contributed by atoms with van der Waals surface area (Å²) in [7, 11) is -3.85. The van der Waals surface area contributed by atoms with Crippen molar-refractivity contribution in [2.75, 3.05) is 24.0 Å². The average molecular weight is 451 g/mol. The highest BCUT2D eigenvalue weighted by Crippen LogP contribution is 2.44. The first-order valence-electron chi connectivity index (χ1n) is 10.5. The van der Waals surface area contributed by atoms with Crippen LogP contribution in [0, 0.1) is 13.8 Å². The van der Waals surface area contributed by atoms with Crippen LogP contribution in [0.25, 0.3) is 11.1 Å². The summed E-state index contributed by atoms with van der Waals surface area (Å²) < 4.78 is 33.6. The number of amides is 1. The number of anilines is 1. The van der Waals surface area contributed by atoms with Gasteiger partial charge in [0.1, 0.15) is 6.54 Å². The quantitative estimate of drug-likeness (QED) is 0.556. The summed E-state index contributed by atoms with van der Waals surface area (Å²) in [6, 6.07) is 20.6. The van der Waals surface area contributed by atoms with E-state index in [2.05, 4.69) is 5.32 Å². The van der Waals surface area contributed by atoms with Crippen LogP contribution in [-0.4, -0.2) is 34.0 Å². The summed E-state index contributed by atoms with van der Waals surface area (Å²) in [4.78, 5) is 12.9. The molecule has 0 aromatic heterocycles. The highest BCUT2D eigenvalue weighted by molar-refractivity contribution is 7.93. The average Bonchev–Trinajstić information content (AvgIpc) is 2.77. The number of rotatable bonds is 7. The SMILES string of the molecule is Cc1cc(C)c2c(c1)N(CC(=O)NCCOCc1ccccc1)S(=O)(=O)c1ccccc1-2. The fourth-order valence-electron chi connectivity index (χ4n) is 4.02. The third kappa shape index (κ3) is 4.40. The number of aryl methyl sites for hydroxylation is 2. The molecule has 4 rings (SSSR count). The van der Waals surface area contributed by atoms with Gasteiger partial charge in [0.2, 0.25) is 5.91 Å². The molecule has 0 aliphatic carbocycles. The molecule has 1 amide bonds. The Labute approximate surface area is 188 Å². The predicted molar refractivity (Wildman–Crippen MR) is 125 cm³/mol. The minimum atomic E-state index is -3.85. The summed E-state index contributed by atoms with van der Waals surface area (Å²) >= 11 is 0. The van der Waals surface area contributed by atoms with Gasteiger partial charge in [-0.15, -0.1) is 0 Å². The van der Waals surface area contributed by atoms with E-state index < -0.39 is 10.0 Å². The molecule has 166 valence electrons. The van der Waals surface area contributed by atoms with Gasteiger partial charge in [-0.05, 0) is 42.7 Å². The Bertz CT molecular complexity index is 1240. The lowest BCUT2D eigenvalue weighted by atomic mass is 9.96. The lowest BCUT2D eigenvalue weighted by Crippen LogP contribution is -2.43. The number of nitrogens with zero attached hydrogens (tertiary/aromatic N) is 1. The molecule has 7 heteroatoms. The number of carbonyl (C=O) groups is 1. The molecule has 1 aliphatic heterocycles. The van der Waals surface area contributed by atoms with Gasteiger partial charge >= 0.3 is 0 Å². The molecule has 0 spiro atoms. The molecular formula is C25H26N2O4S. The molecule has 3 aromatic carbocycles. The molecule has 1 heterocycles. The second kappa shape index (κ2) is 9.14. The number of hydrogen-bond acceptors (Lipinski definition) is 4. The molecule has 0 fully saturated rings. The Kier molecular flexibility index (Phi) is 6.30. The van der Waals surface area contributed by atoms with Crippen LogP contribution < -0.4 is 9.62 Å². The summed E-state index contributed by atoms with van der Waals surface area (Å²) in [6.45, 7) is 4.69. The Balaban J connectivity index is 1.48. The van der Waals surface area contributed by atoms with E-state index >= 15 is 0 Å². The summed E-state index contributed by atoms with van der Waals surface area (Å²) in [6.07, 6.45) is 0. The zero-order valence-electron chi connectivity index (χ0n) is 18.2. The van der Waals surface area contributed by atoms with Gasteiger partial charge in [0, 0.05) is 17.7 Å². The molecule has 0 unspecified atom stereocenters. The summed E-state index contributed by atoms with van der Waals surface area (Å²) in [5.41, 5.74) is 5.03. The molecule has 3 aromatic rings. The van der Waals surface area contributed by atoms with Crippen molar-refractivity contribution in [1.82, 2.24) is 5.32 Å². The number of ether oxygens (including phenoxy) is 1. The predicted octanol–water partition coefficient (Wildman–Crippen LogP) is 3.81. The Morgan fingerprint density at radius 3 is 2.50 bits per heavy atom. The number of nitrogens with one attached hydrogen (secondary N) is 1. The molecule has 0 saturated carbocycles. The van der Waals surface area contributed by atoms with Crippen LogP contribution in [-0.2, 0) is 26.2 Å². The largest absolute Gasteiger partial charge is 0.375 e. The topological polar surface area (TPSA) is 75.7 Å². The second-order valence-electron chi connectivity index (χ2n) is 7.87. The molecular weight excluding hydrogens is 424 g/mol. The fraction of sp³-hybridized carbons (Fsp3) is 0.240. The van der Waals surface area contributed by atoms with Crippen LogP contribution in [0.1, 0.15) is 16.7 Å². The van der Waals surface area contributed by atoms with Crippen molar-refractivity contribution in [3.8, 4) is 11.1 Å². The smallest absolute Gasteiger partial charge is 0.265 e. The van der Waals surface area contributed by atoms with E-state index in [1.54, 1.807) is 12.1 Å². The second-order valence-corrected chi connectivity index (χ2v) is 9.70. The van der Waals surface area contributed by atoms with Crippen molar-refractivity contribution in [2.45, 2.75) is 25.3 Å². The highest BCUT2D eigenvalue weighted by Gasteiger charge is 2.36. The maximum atomic E-state index is 13.4. The normalized spacial score (nSPS) is 13.9. The molecule has 6 nitrogen and oxygen atoms in total. The van der Waals surface area contributed by atoms with Crippen molar-refractivity contribution in [3.63, 3.8) is 0 Å². The first-order chi connectivity index (χ1) is 15.4. The van der Waals surface area contributed by atoms with Gasteiger partial charge in [-0.2, -0.15) is 0 Å². The number of benzene rings is 3. The van der Waals surface area contributed by atoms with Crippen LogP contribution >= 0.6 is 0 Å². The van der Waals surface area contributed by atoms with Gasteiger partial charge < -0.3 is 10.1 Å². The van der Waals surface area contributed by atoms with E-state index in [-0.39, 0.29) is 17.3 Å². The van der Waals surface area contributed by atoms with E-state index in [1.165, 1.54) is 4.31 Å².